The molecular weight excluding hydrogens is 262 g/mol. The highest BCUT2D eigenvalue weighted by molar-refractivity contribution is 5.92. The molecule has 1 fully saturated rings. The van der Waals surface area contributed by atoms with E-state index < -0.39 is 0 Å². The molecule has 21 heavy (non-hydrogen) atoms. The Morgan fingerprint density at radius 1 is 1.38 bits per heavy atom. The summed E-state index contributed by atoms with van der Waals surface area (Å²) in [6.07, 6.45) is 7.79. The van der Waals surface area contributed by atoms with Crippen molar-refractivity contribution in [1.29, 1.82) is 0 Å². The van der Waals surface area contributed by atoms with Gasteiger partial charge in [-0.3, -0.25) is 4.79 Å². The van der Waals surface area contributed by atoms with Gasteiger partial charge in [0, 0.05) is 31.9 Å². The van der Waals surface area contributed by atoms with Crippen LogP contribution in [0, 0.1) is 0 Å². The lowest BCUT2D eigenvalue weighted by Gasteiger charge is -2.30. The van der Waals surface area contributed by atoms with E-state index in [1.807, 2.05) is 23.2 Å². The Hall–Kier alpha value is -1.29. The van der Waals surface area contributed by atoms with Crippen molar-refractivity contribution in [3.63, 3.8) is 0 Å². The van der Waals surface area contributed by atoms with Crippen LogP contribution in [0.25, 0.3) is 0 Å². The summed E-state index contributed by atoms with van der Waals surface area (Å²) in [4.78, 5) is 14.9. The fourth-order valence-electron chi connectivity index (χ4n) is 3.10. The van der Waals surface area contributed by atoms with Crippen LogP contribution >= 0.6 is 0 Å². The van der Waals surface area contributed by atoms with Crippen LogP contribution in [0.5, 0.6) is 0 Å². The highest BCUT2D eigenvalue weighted by Gasteiger charge is 2.22. The maximum absolute atomic E-state index is 12.8. The molecule has 1 N–H and O–H groups in total. The van der Waals surface area contributed by atoms with Crippen molar-refractivity contribution in [3.05, 3.63) is 24.0 Å². The average Bonchev–Trinajstić information content (AvgIpc) is 2.96. The normalized spacial score (nSPS) is 18.7. The molecule has 1 saturated heterocycles. The van der Waals surface area contributed by atoms with Gasteiger partial charge in [0.25, 0.3) is 5.91 Å². The highest BCUT2D eigenvalue weighted by atomic mass is 16.2. The summed E-state index contributed by atoms with van der Waals surface area (Å²) in [5, 5.41) is 3.55. The van der Waals surface area contributed by atoms with Gasteiger partial charge in [0.1, 0.15) is 5.69 Å². The molecule has 1 aliphatic heterocycles. The minimum absolute atomic E-state index is 0.183. The summed E-state index contributed by atoms with van der Waals surface area (Å²) in [6.45, 7) is 7.96. The number of carbonyl (C=O) groups is 1. The maximum atomic E-state index is 12.8. The fourth-order valence-corrected chi connectivity index (χ4v) is 3.10. The summed E-state index contributed by atoms with van der Waals surface area (Å²) in [6, 6.07) is 4.39. The molecule has 1 atom stereocenters. The molecule has 118 valence electrons. The summed E-state index contributed by atoms with van der Waals surface area (Å²) < 4.78 is 2.08. The van der Waals surface area contributed by atoms with Crippen molar-refractivity contribution in [1.82, 2.24) is 14.8 Å². The Labute approximate surface area is 128 Å². The van der Waals surface area contributed by atoms with Crippen molar-refractivity contribution in [2.45, 2.75) is 58.5 Å². The number of nitrogens with one attached hydrogen (secondary N) is 1. The fraction of sp³-hybridized carbons (Fsp3) is 0.706. The maximum Gasteiger partial charge on any atom is 0.270 e. The van der Waals surface area contributed by atoms with E-state index in [1.165, 1.54) is 19.3 Å². The van der Waals surface area contributed by atoms with Gasteiger partial charge in [-0.1, -0.05) is 20.3 Å². The molecule has 4 heteroatoms. The zero-order valence-corrected chi connectivity index (χ0v) is 13.5. The second-order valence-corrected chi connectivity index (χ2v) is 5.98. The molecule has 0 aliphatic carbocycles. The zero-order valence-electron chi connectivity index (χ0n) is 13.5. The van der Waals surface area contributed by atoms with Gasteiger partial charge >= 0.3 is 0 Å². The number of aromatic nitrogens is 1. The van der Waals surface area contributed by atoms with Crippen molar-refractivity contribution in [2.75, 3.05) is 19.6 Å². The second kappa shape index (κ2) is 8.23. The second-order valence-electron chi connectivity index (χ2n) is 5.98. The SMILES string of the molecule is CCCN(CC1CCCCN1)C(=O)c1cccn1CCC. The van der Waals surface area contributed by atoms with E-state index in [1.54, 1.807) is 0 Å². The predicted octanol–water partition coefficient (Wildman–Crippen LogP) is 2.89. The van der Waals surface area contributed by atoms with Gasteiger partial charge in [0.2, 0.25) is 0 Å². The van der Waals surface area contributed by atoms with Gasteiger partial charge in [0.05, 0.1) is 0 Å². The number of hydrogen-bond acceptors (Lipinski definition) is 2. The Morgan fingerprint density at radius 3 is 2.90 bits per heavy atom. The third kappa shape index (κ3) is 4.34. The quantitative estimate of drug-likeness (QED) is 0.838. The topological polar surface area (TPSA) is 37.3 Å². The van der Waals surface area contributed by atoms with Crippen LogP contribution in [0.4, 0.5) is 0 Å². The molecule has 4 nitrogen and oxygen atoms in total. The molecule has 0 spiro atoms. The first kappa shape index (κ1) is 16.1. The van der Waals surface area contributed by atoms with Gasteiger partial charge in [-0.25, -0.2) is 0 Å². The third-order valence-corrected chi connectivity index (χ3v) is 4.15. The number of carbonyl (C=O) groups excluding carboxylic acids is 1. The first-order valence-electron chi connectivity index (χ1n) is 8.44. The van der Waals surface area contributed by atoms with Crippen molar-refractivity contribution in [2.24, 2.45) is 0 Å². The number of piperidine rings is 1. The standard InChI is InChI=1S/C17H29N3O/c1-3-11-19-13-7-9-16(19)17(21)20(12-4-2)14-15-8-5-6-10-18-15/h7,9,13,15,18H,3-6,8,10-12,14H2,1-2H3. The molecule has 0 aromatic carbocycles. The lowest BCUT2D eigenvalue weighted by molar-refractivity contribution is 0.0720. The molecule has 0 radical (unpaired) electrons. The van der Waals surface area contributed by atoms with Crippen LogP contribution in [-0.2, 0) is 6.54 Å². The minimum atomic E-state index is 0.183. The number of hydrogen-bond donors (Lipinski definition) is 1. The number of nitrogens with zero attached hydrogens (tertiary/aromatic N) is 2. The molecule has 2 heterocycles. The first-order valence-corrected chi connectivity index (χ1v) is 8.44. The van der Waals surface area contributed by atoms with Crippen LogP contribution in [0.3, 0.4) is 0 Å². The van der Waals surface area contributed by atoms with Crippen molar-refractivity contribution >= 4 is 5.91 Å². The summed E-state index contributed by atoms with van der Waals surface area (Å²) in [5.41, 5.74) is 0.834. The first-order chi connectivity index (χ1) is 10.3. The zero-order chi connectivity index (χ0) is 15.1. The summed E-state index contributed by atoms with van der Waals surface area (Å²) in [5.74, 6) is 0.183. The monoisotopic (exact) mass is 291 g/mol. The van der Waals surface area contributed by atoms with Gasteiger partial charge in [0.15, 0.2) is 0 Å². The molecule has 1 aliphatic rings. The Kier molecular flexibility index (Phi) is 6.30. The smallest absolute Gasteiger partial charge is 0.270 e. The summed E-state index contributed by atoms with van der Waals surface area (Å²) >= 11 is 0. The molecule has 2 rings (SSSR count). The van der Waals surface area contributed by atoms with E-state index in [0.29, 0.717) is 6.04 Å². The van der Waals surface area contributed by atoms with E-state index in [4.69, 9.17) is 0 Å². The van der Waals surface area contributed by atoms with Crippen LogP contribution in [0.2, 0.25) is 0 Å². The van der Waals surface area contributed by atoms with E-state index in [9.17, 15) is 4.79 Å². The predicted molar refractivity (Wildman–Crippen MR) is 86.6 cm³/mol. The third-order valence-electron chi connectivity index (χ3n) is 4.15. The number of amides is 1. The van der Waals surface area contributed by atoms with E-state index in [2.05, 4.69) is 23.7 Å². The van der Waals surface area contributed by atoms with Crippen molar-refractivity contribution < 1.29 is 4.79 Å². The van der Waals surface area contributed by atoms with Gasteiger partial charge in [-0.2, -0.15) is 0 Å². The summed E-state index contributed by atoms with van der Waals surface area (Å²) in [7, 11) is 0. The van der Waals surface area contributed by atoms with Gasteiger partial charge < -0.3 is 14.8 Å². The number of aryl methyl sites for hydroxylation is 1. The molecule has 0 saturated carbocycles. The van der Waals surface area contributed by atoms with E-state index in [-0.39, 0.29) is 5.91 Å². The van der Waals surface area contributed by atoms with Crippen LogP contribution < -0.4 is 5.32 Å². The Morgan fingerprint density at radius 2 is 2.24 bits per heavy atom. The van der Waals surface area contributed by atoms with Crippen LogP contribution in [0.15, 0.2) is 18.3 Å². The molecule has 1 amide bonds. The van der Waals surface area contributed by atoms with E-state index in [0.717, 1.165) is 44.7 Å². The minimum Gasteiger partial charge on any atom is -0.344 e. The lowest BCUT2D eigenvalue weighted by atomic mass is 10.0. The van der Waals surface area contributed by atoms with Gasteiger partial charge in [-0.05, 0) is 44.4 Å². The van der Waals surface area contributed by atoms with E-state index >= 15 is 0 Å². The molecule has 1 aromatic rings. The highest BCUT2D eigenvalue weighted by Crippen LogP contribution is 2.13. The molecular formula is C17H29N3O. The van der Waals surface area contributed by atoms with Gasteiger partial charge in [-0.15, -0.1) is 0 Å². The average molecular weight is 291 g/mol. The van der Waals surface area contributed by atoms with Crippen molar-refractivity contribution in [3.8, 4) is 0 Å². The van der Waals surface area contributed by atoms with Crippen LogP contribution in [0.1, 0.15) is 56.4 Å². The largest absolute Gasteiger partial charge is 0.344 e. The Bertz CT molecular complexity index is 435. The Balaban J connectivity index is 2.05. The molecule has 0 bridgehead atoms. The molecule has 1 aromatic heterocycles. The lowest BCUT2D eigenvalue weighted by Crippen LogP contribution is -2.46. The number of rotatable bonds is 7. The molecule has 1 unspecified atom stereocenters. The van der Waals surface area contributed by atoms with Crippen LogP contribution in [-0.4, -0.2) is 41.1 Å².